The van der Waals surface area contributed by atoms with Crippen LogP contribution >= 0.6 is 11.8 Å². The van der Waals surface area contributed by atoms with Crippen molar-refractivity contribution in [3.8, 4) is 0 Å². The minimum absolute atomic E-state index is 0.0311. The molecule has 4 nitrogen and oxygen atoms in total. The van der Waals surface area contributed by atoms with E-state index in [9.17, 15) is 4.79 Å². The third-order valence-electron chi connectivity index (χ3n) is 4.92. The fourth-order valence-electron chi connectivity index (χ4n) is 3.63. The third kappa shape index (κ3) is 4.52. The fourth-order valence-corrected chi connectivity index (χ4v) is 4.77. The Morgan fingerprint density at radius 2 is 1.86 bits per heavy atom. The minimum Gasteiger partial charge on any atom is -0.378 e. The molecule has 3 rings (SSSR count). The van der Waals surface area contributed by atoms with Crippen molar-refractivity contribution >= 4 is 17.8 Å². The average Bonchev–Trinajstić information content (AvgIpc) is 3.22. The van der Waals surface area contributed by atoms with Crippen molar-refractivity contribution in [1.29, 1.82) is 0 Å². The lowest BCUT2D eigenvalue weighted by Gasteiger charge is -2.30. The van der Waals surface area contributed by atoms with Crippen LogP contribution in [0.5, 0.6) is 0 Å². The number of carbonyl (C=O) groups is 1. The first kappa shape index (κ1) is 15.5. The van der Waals surface area contributed by atoms with Gasteiger partial charge in [0.2, 0.25) is 0 Å². The van der Waals surface area contributed by atoms with Gasteiger partial charge >= 0.3 is 6.03 Å². The smallest absolute Gasteiger partial charge is 0.315 e. The quantitative estimate of drug-likeness (QED) is 0.820. The zero-order valence-electron chi connectivity index (χ0n) is 13.0. The summed E-state index contributed by atoms with van der Waals surface area (Å²) in [6, 6.07) is 0.697. The summed E-state index contributed by atoms with van der Waals surface area (Å²) in [7, 11) is 0. The monoisotopic (exact) mass is 312 g/mol. The number of ether oxygens (including phenoxy) is 1. The number of carbonyl (C=O) groups excluding carboxylic acids is 1. The standard InChI is InChI=1S/C16H28N2O2S/c1-2-21-14-6-5-12(9-14)17-16(19)18-13-7-8-20-15(10-13)11-3-4-11/h11-15H,2-10H2,1H3,(H2,17,18,19)/t12-,13+,14+,15+/m0/s1. The maximum atomic E-state index is 12.2. The second kappa shape index (κ2) is 7.23. The Kier molecular flexibility index (Phi) is 5.33. The van der Waals surface area contributed by atoms with E-state index in [0.717, 1.165) is 43.5 Å². The molecule has 1 saturated heterocycles. The maximum absolute atomic E-state index is 12.2. The van der Waals surface area contributed by atoms with E-state index in [1.807, 2.05) is 11.8 Å². The maximum Gasteiger partial charge on any atom is 0.315 e. The van der Waals surface area contributed by atoms with Crippen molar-refractivity contribution < 1.29 is 9.53 Å². The molecule has 1 heterocycles. The second-order valence-corrected chi connectivity index (χ2v) is 8.25. The fraction of sp³-hybridized carbons (Fsp3) is 0.938. The highest BCUT2D eigenvalue weighted by atomic mass is 32.2. The molecule has 0 unspecified atom stereocenters. The number of hydrogen-bond acceptors (Lipinski definition) is 3. The van der Waals surface area contributed by atoms with Crippen LogP contribution in [0.2, 0.25) is 0 Å². The summed E-state index contributed by atoms with van der Waals surface area (Å²) in [5, 5.41) is 7.08. The molecule has 3 aliphatic rings. The van der Waals surface area contributed by atoms with Crippen LogP contribution in [-0.4, -0.2) is 41.8 Å². The van der Waals surface area contributed by atoms with E-state index < -0.39 is 0 Å². The van der Waals surface area contributed by atoms with Crippen molar-refractivity contribution in [2.45, 2.75) is 75.3 Å². The lowest BCUT2D eigenvalue weighted by atomic mass is 10.0. The first-order valence-electron chi connectivity index (χ1n) is 8.54. The molecule has 1 aliphatic heterocycles. The minimum atomic E-state index is 0.0311. The number of thioether (sulfide) groups is 1. The van der Waals surface area contributed by atoms with Crippen LogP contribution in [0.15, 0.2) is 0 Å². The van der Waals surface area contributed by atoms with E-state index in [2.05, 4.69) is 17.6 Å². The third-order valence-corrected chi connectivity index (χ3v) is 6.15. The van der Waals surface area contributed by atoms with Crippen molar-refractivity contribution in [3.05, 3.63) is 0 Å². The molecule has 0 aromatic carbocycles. The molecule has 2 amide bonds. The van der Waals surface area contributed by atoms with Gasteiger partial charge in [0, 0.05) is 23.9 Å². The summed E-state index contributed by atoms with van der Waals surface area (Å²) in [5.74, 6) is 1.94. The Morgan fingerprint density at radius 1 is 1.10 bits per heavy atom. The molecule has 0 spiro atoms. The van der Waals surface area contributed by atoms with Crippen LogP contribution in [0.25, 0.3) is 0 Å². The molecule has 4 atom stereocenters. The highest BCUT2D eigenvalue weighted by Gasteiger charge is 2.36. The molecule has 2 saturated carbocycles. The van der Waals surface area contributed by atoms with Gasteiger partial charge in [-0.25, -0.2) is 4.79 Å². The van der Waals surface area contributed by atoms with E-state index in [1.165, 1.54) is 25.0 Å². The Morgan fingerprint density at radius 3 is 2.57 bits per heavy atom. The van der Waals surface area contributed by atoms with Crippen molar-refractivity contribution in [2.24, 2.45) is 5.92 Å². The molecule has 0 aromatic rings. The highest BCUT2D eigenvalue weighted by molar-refractivity contribution is 7.99. The molecule has 0 bridgehead atoms. The van der Waals surface area contributed by atoms with Crippen LogP contribution < -0.4 is 10.6 Å². The topological polar surface area (TPSA) is 50.4 Å². The van der Waals surface area contributed by atoms with Crippen molar-refractivity contribution in [2.75, 3.05) is 12.4 Å². The molecule has 0 radical (unpaired) electrons. The van der Waals surface area contributed by atoms with Crippen LogP contribution in [-0.2, 0) is 4.74 Å². The molecule has 0 aromatic heterocycles. The summed E-state index contributed by atoms with van der Waals surface area (Å²) in [6.07, 6.45) is 8.45. The van der Waals surface area contributed by atoms with Gasteiger partial charge in [0.05, 0.1) is 6.10 Å². The number of nitrogens with one attached hydrogen (secondary N) is 2. The van der Waals surface area contributed by atoms with Crippen molar-refractivity contribution in [1.82, 2.24) is 10.6 Å². The van der Waals surface area contributed by atoms with Crippen molar-refractivity contribution in [3.63, 3.8) is 0 Å². The van der Waals surface area contributed by atoms with Gasteiger partial charge in [-0.2, -0.15) is 11.8 Å². The molecule has 5 heteroatoms. The first-order valence-corrected chi connectivity index (χ1v) is 9.59. The zero-order valence-corrected chi connectivity index (χ0v) is 13.8. The van der Waals surface area contributed by atoms with E-state index in [4.69, 9.17) is 4.74 Å². The predicted octanol–water partition coefficient (Wildman–Crippen LogP) is 2.92. The van der Waals surface area contributed by atoms with Gasteiger partial charge in [0.1, 0.15) is 0 Å². The molecule has 120 valence electrons. The second-order valence-electron chi connectivity index (χ2n) is 6.67. The summed E-state index contributed by atoms with van der Waals surface area (Å²) < 4.78 is 5.81. The highest BCUT2D eigenvalue weighted by Crippen LogP contribution is 2.38. The normalized spacial score (nSPS) is 36.4. The molecule has 3 fully saturated rings. The Balaban J connectivity index is 1.37. The predicted molar refractivity (Wildman–Crippen MR) is 86.7 cm³/mol. The Labute approximate surface area is 132 Å². The van der Waals surface area contributed by atoms with Gasteiger partial charge in [-0.3, -0.25) is 0 Å². The lowest BCUT2D eigenvalue weighted by Crippen LogP contribution is -2.48. The molecule has 2 N–H and O–H groups in total. The Bertz CT molecular complexity index is 362. The van der Waals surface area contributed by atoms with Gasteiger partial charge in [-0.05, 0) is 56.6 Å². The molecular weight excluding hydrogens is 284 g/mol. The van der Waals surface area contributed by atoms with E-state index in [0.29, 0.717) is 18.2 Å². The number of amides is 2. The molecule has 21 heavy (non-hydrogen) atoms. The van der Waals surface area contributed by atoms with Crippen LogP contribution in [0.1, 0.15) is 51.9 Å². The summed E-state index contributed by atoms with van der Waals surface area (Å²) in [5.41, 5.74) is 0. The lowest BCUT2D eigenvalue weighted by molar-refractivity contribution is -0.00917. The van der Waals surface area contributed by atoms with Crippen LogP contribution in [0.4, 0.5) is 4.79 Å². The Hall–Kier alpha value is -0.420. The van der Waals surface area contributed by atoms with Gasteiger partial charge in [-0.1, -0.05) is 6.92 Å². The van der Waals surface area contributed by atoms with Gasteiger partial charge in [0.15, 0.2) is 0 Å². The van der Waals surface area contributed by atoms with Crippen LogP contribution in [0.3, 0.4) is 0 Å². The van der Waals surface area contributed by atoms with Crippen LogP contribution in [0, 0.1) is 5.92 Å². The average molecular weight is 312 g/mol. The zero-order chi connectivity index (χ0) is 14.7. The SMILES string of the molecule is CCS[C@@H]1CC[C@H](NC(=O)N[C@@H]2CCO[C@@H](C3CC3)C2)C1. The molecule has 2 aliphatic carbocycles. The van der Waals surface area contributed by atoms with Gasteiger partial charge in [0.25, 0.3) is 0 Å². The summed E-state index contributed by atoms with van der Waals surface area (Å²) in [4.78, 5) is 12.2. The van der Waals surface area contributed by atoms with E-state index in [-0.39, 0.29) is 6.03 Å². The van der Waals surface area contributed by atoms with Gasteiger partial charge in [-0.15, -0.1) is 0 Å². The van der Waals surface area contributed by atoms with Gasteiger partial charge < -0.3 is 15.4 Å². The molecular formula is C16H28N2O2S. The number of urea groups is 1. The number of hydrogen-bond donors (Lipinski definition) is 2. The largest absolute Gasteiger partial charge is 0.378 e. The summed E-state index contributed by atoms with van der Waals surface area (Å²) in [6.45, 7) is 3.00. The van der Waals surface area contributed by atoms with E-state index >= 15 is 0 Å². The number of rotatable bonds is 5. The van der Waals surface area contributed by atoms with E-state index in [1.54, 1.807) is 0 Å². The first-order chi connectivity index (χ1) is 10.2. The summed E-state index contributed by atoms with van der Waals surface area (Å²) >= 11 is 2.03.